The first kappa shape index (κ1) is 11.3. The van der Waals surface area contributed by atoms with Gasteiger partial charge in [0, 0.05) is 0 Å². The molecule has 1 saturated heterocycles. The molecule has 0 radical (unpaired) electrons. The Morgan fingerprint density at radius 2 is 2.18 bits per heavy atom. The fourth-order valence-corrected chi connectivity index (χ4v) is 4.53. The van der Waals surface area contributed by atoms with Gasteiger partial charge in [-0.3, -0.25) is 4.79 Å². The van der Waals surface area contributed by atoms with E-state index in [1.165, 1.54) is 19.3 Å². The van der Waals surface area contributed by atoms with Crippen molar-refractivity contribution in [2.45, 2.75) is 46.0 Å². The summed E-state index contributed by atoms with van der Waals surface area (Å²) in [6.45, 7) is 9.30. The molecule has 0 aromatic carbocycles. The monoisotopic (exact) mass is 234 g/mol. The van der Waals surface area contributed by atoms with Crippen molar-refractivity contribution >= 4 is 5.97 Å². The molecule has 0 amide bonds. The summed E-state index contributed by atoms with van der Waals surface area (Å²) < 4.78 is 5.25. The average Bonchev–Trinajstić information content (AvgIpc) is 2.74. The van der Waals surface area contributed by atoms with Crippen LogP contribution in [0.2, 0.25) is 0 Å². The molecule has 4 atom stereocenters. The first-order valence-corrected chi connectivity index (χ1v) is 6.84. The lowest BCUT2D eigenvalue weighted by atomic mass is 9.63. The van der Waals surface area contributed by atoms with Crippen molar-refractivity contribution in [3.05, 3.63) is 12.2 Å². The van der Waals surface area contributed by atoms with E-state index < -0.39 is 0 Å². The zero-order valence-corrected chi connectivity index (χ0v) is 10.9. The van der Waals surface area contributed by atoms with Crippen molar-refractivity contribution in [1.82, 2.24) is 0 Å². The second-order valence-corrected chi connectivity index (χ2v) is 6.68. The van der Waals surface area contributed by atoms with Gasteiger partial charge in [0.2, 0.25) is 0 Å². The topological polar surface area (TPSA) is 26.3 Å². The summed E-state index contributed by atoms with van der Waals surface area (Å²) >= 11 is 0. The van der Waals surface area contributed by atoms with E-state index in [-0.39, 0.29) is 11.4 Å². The van der Waals surface area contributed by atoms with E-state index in [4.69, 9.17) is 4.74 Å². The zero-order chi connectivity index (χ0) is 12.3. The predicted molar refractivity (Wildman–Crippen MR) is 66.4 cm³/mol. The van der Waals surface area contributed by atoms with E-state index in [1.54, 1.807) is 0 Å². The summed E-state index contributed by atoms with van der Waals surface area (Å²) in [6, 6.07) is 0. The molecule has 3 fully saturated rings. The number of carbonyl (C=O) groups excluding carboxylic acids is 1. The lowest BCUT2D eigenvalue weighted by Crippen LogP contribution is -2.34. The number of fused-ring (bicyclic) bond motifs is 1. The van der Waals surface area contributed by atoms with E-state index in [9.17, 15) is 4.79 Å². The second-order valence-electron chi connectivity index (χ2n) is 6.68. The van der Waals surface area contributed by atoms with Crippen LogP contribution in [0.3, 0.4) is 0 Å². The van der Waals surface area contributed by atoms with E-state index >= 15 is 0 Å². The maximum Gasteiger partial charge on any atom is 0.316 e. The largest absolute Gasteiger partial charge is 0.460 e. The van der Waals surface area contributed by atoms with Gasteiger partial charge in [0.15, 0.2) is 0 Å². The number of carbonyl (C=O) groups is 1. The molecule has 0 aromatic rings. The van der Waals surface area contributed by atoms with Crippen LogP contribution in [0.4, 0.5) is 0 Å². The molecule has 1 spiro atoms. The molecule has 1 aliphatic heterocycles. The second kappa shape index (κ2) is 3.37. The molecule has 94 valence electrons. The Balaban J connectivity index is 1.98. The molecule has 17 heavy (non-hydrogen) atoms. The Morgan fingerprint density at radius 1 is 1.41 bits per heavy atom. The lowest BCUT2D eigenvalue weighted by molar-refractivity contribution is -0.146. The van der Waals surface area contributed by atoms with Gasteiger partial charge in [-0.15, -0.1) is 0 Å². The standard InChI is InChI=1S/C15H22O2/c1-10-5-4-6-12-7-15(9-14(10,12)3)11(2)8-17-13(15)16/h10,12H,2,4-9H2,1,3H3/t10-,12+,14+,15+/m1/s1. The van der Waals surface area contributed by atoms with Gasteiger partial charge in [0.25, 0.3) is 0 Å². The molecule has 2 nitrogen and oxygen atoms in total. The summed E-state index contributed by atoms with van der Waals surface area (Å²) in [5, 5.41) is 0. The fraction of sp³-hybridized carbons (Fsp3) is 0.800. The third-order valence-corrected chi connectivity index (χ3v) is 5.97. The van der Waals surface area contributed by atoms with E-state index in [0.717, 1.165) is 24.3 Å². The third kappa shape index (κ3) is 1.30. The van der Waals surface area contributed by atoms with Gasteiger partial charge < -0.3 is 4.74 Å². The van der Waals surface area contributed by atoms with Gasteiger partial charge in [-0.2, -0.15) is 0 Å². The van der Waals surface area contributed by atoms with Gasteiger partial charge in [-0.05, 0) is 42.1 Å². The lowest BCUT2D eigenvalue weighted by Gasteiger charge is -2.42. The summed E-state index contributed by atoms with van der Waals surface area (Å²) in [4.78, 5) is 12.1. The van der Waals surface area contributed by atoms with Crippen LogP contribution in [0.1, 0.15) is 46.0 Å². The van der Waals surface area contributed by atoms with Crippen LogP contribution >= 0.6 is 0 Å². The quantitative estimate of drug-likeness (QED) is 0.475. The molecular formula is C15H22O2. The zero-order valence-electron chi connectivity index (χ0n) is 10.9. The summed E-state index contributed by atoms with van der Waals surface area (Å²) in [5.74, 6) is 1.42. The van der Waals surface area contributed by atoms with Crippen LogP contribution in [0.15, 0.2) is 12.2 Å². The number of hydrogen-bond acceptors (Lipinski definition) is 2. The molecule has 0 N–H and O–H groups in total. The summed E-state index contributed by atoms with van der Waals surface area (Å²) in [6.07, 6.45) is 5.88. The normalized spacial score (nSPS) is 49.5. The molecule has 0 bridgehead atoms. The highest BCUT2D eigenvalue weighted by Crippen LogP contribution is 2.64. The Morgan fingerprint density at radius 3 is 2.76 bits per heavy atom. The minimum Gasteiger partial charge on any atom is -0.460 e. The van der Waals surface area contributed by atoms with E-state index in [0.29, 0.717) is 17.9 Å². The van der Waals surface area contributed by atoms with Gasteiger partial charge >= 0.3 is 5.97 Å². The Hall–Kier alpha value is -0.790. The minimum atomic E-state index is -0.321. The highest BCUT2D eigenvalue weighted by molar-refractivity contribution is 5.84. The van der Waals surface area contributed by atoms with Crippen molar-refractivity contribution in [2.75, 3.05) is 6.61 Å². The first-order chi connectivity index (χ1) is 7.99. The van der Waals surface area contributed by atoms with Gasteiger partial charge in [-0.25, -0.2) is 0 Å². The minimum absolute atomic E-state index is 0.00493. The van der Waals surface area contributed by atoms with Crippen molar-refractivity contribution in [3.63, 3.8) is 0 Å². The molecule has 2 saturated carbocycles. The molecule has 0 unspecified atom stereocenters. The molecule has 1 heterocycles. The van der Waals surface area contributed by atoms with E-state index in [2.05, 4.69) is 20.4 Å². The Labute approximate surface area is 103 Å². The van der Waals surface area contributed by atoms with Crippen LogP contribution in [-0.4, -0.2) is 12.6 Å². The van der Waals surface area contributed by atoms with Crippen LogP contribution < -0.4 is 0 Å². The van der Waals surface area contributed by atoms with Crippen LogP contribution in [0.25, 0.3) is 0 Å². The van der Waals surface area contributed by atoms with Crippen molar-refractivity contribution < 1.29 is 9.53 Å². The number of ether oxygens (including phenoxy) is 1. The molecule has 2 heteroatoms. The SMILES string of the molecule is C=C1COC(=O)[C@]12C[C@@H]1CCC[C@@H](C)[C@]1(C)C2. The van der Waals surface area contributed by atoms with Gasteiger partial charge in [-0.1, -0.05) is 33.3 Å². The number of hydrogen-bond donors (Lipinski definition) is 0. The molecule has 3 aliphatic rings. The predicted octanol–water partition coefficient (Wildman–Crippen LogP) is 3.32. The first-order valence-electron chi connectivity index (χ1n) is 6.84. The van der Waals surface area contributed by atoms with E-state index in [1.807, 2.05) is 0 Å². The summed E-state index contributed by atoms with van der Waals surface area (Å²) in [7, 11) is 0. The Bertz CT molecular complexity index is 368. The van der Waals surface area contributed by atoms with Crippen molar-refractivity contribution in [2.24, 2.45) is 22.7 Å². The highest BCUT2D eigenvalue weighted by atomic mass is 16.5. The van der Waals surface area contributed by atoms with Crippen LogP contribution in [-0.2, 0) is 9.53 Å². The fourth-order valence-electron chi connectivity index (χ4n) is 4.53. The number of rotatable bonds is 0. The van der Waals surface area contributed by atoms with Crippen LogP contribution in [0, 0.1) is 22.7 Å². The third-order valence-electron chi connectivity index (χ3n) is 5.97. The van der Waals surface area contributed by atoms with Gasteiger partial charge in [0.05, 0.1) is 5.41 Å². The smallest absolute Gasteiger partial charge is 0.316 e. The Kier molecular flexibility index (Phi) is 2.24. The number of esters is 1. The summed E-state index contributed by atoms with van der Waals surface area (Å²) in [5.41, 5.74) is 1.04. The maximum atomic E-state index is 12.1. The van der Waals surface area contributed by atoms with Crippen molar-refractivity contribution in [1.29, 1.82) is 0 Å². The number of cyclic esters (lactones) is 1. The molecular weight excluding hydrogens is 212 g/mol. The van der Waals surface area contributed by atoms with Crippen LogP contribution in [0.5, 0.6) is 0 Å². The molecule has 3 rings (SSSR count). The maximum absolute atomic E-state index is 12.1. The molecule has 0 aromatic heterocycles. The average molecular weight is 234 g/mol. The van der Waals surface area contributed by atoms with Gasteiger partial charge in [0.1, 0.15) is 6.61 Å². The molecule has 2 aliphatic carbocycles. The van der Waals surface area contributed by atoms with Crippen molar-refractivity contribution in [3.8, 4) is 0 Å². The highest BCUT2D eigenvalue weighted by Gasteiger charge is 2.61.